The van der Waals surface area contributed by atoms with Crippen molar-refractivity contribution in [2.45, 2.75) is 310 Å². The van der Waals surface area contributed by atoms with E-state index < -0.39 is 378 Å². The number of carbonyl (C=O) groups is 5. The van der Waals surface area contributed by atoms with Gasteiger partial charge in [-0.2, -0.15) is 0 Å². The van der Waals surface area contributed by atoms with E-state index in [-0.39, 0.29) is 0 Å². The van der Waals surface area contributed by atoms with Gasteiger partial charge in [0.2, 0.25) is 23.6 Å². The normalized spacial score (nSPS) is 44.7. The van der Waals surface area contributed by atoms with E-state index in [0.717, 1.165) is 27.7 Å². The molecule has 0 spiro atoms. The molecule has 32 N–H and O–H groups in total. The monoisotopic (exact) mass is 1730 g/mol. The van der Waals surface area contributed by atoms with Gasteiger partial charge in [0.05, 0.1) is 78.2 Å². The lowest BCUT2D eigenvalue weighted by molar-refractivity contribution is -0.392. The van der Waals surface area contributed by atoms with Gasteiger partial charge in [-0.1, -0.05) is 0 Å². The molecule has 118 heavy (non-hydrogen) atoms. The van der Waals surface area contributed by atoms with E-state index in [1.54, 1.807) is 0 Å². The average Bonchev–Trinajstić information content (AvgIpc) is 0.757. The van der Waals surface area contributed by atoms with Crippen molar-refractivity contribution >= 4 is 29.6 Å². The highest BCUT2D eigenvalue weighted by Gasteiger charge is 2.63. The molecule has 0 aromatic carbocycles. The van der Waals surface area contributed by atoms with Gasteiger partial charge in [0.25, 0.3) is 5.79 Å². The Morgan fingerprint density at radius 1 is 0.364 bits per heavy atom. The van der Waals surface area contributed by atoms with Crippen LogP contribution in [0.4, 0.5) is 0 Å². The first-order chi connectivity index (χ1) is 55.6. The largest absolute Gasteiger partial charge is 0.477 e. The number of ether oxygens (including phenoxy) is 16. The summed E-state index contributed by atoms with van der Waals surface area (Å²) >= 11 is 0. The van der Waals surface area contributed by atoms with Gasteiger partial charge >= 0.3 is 5.97 Å². The van der Waals surface area contributed by atoms with Crippen molar-refractivity contribution in [2.75, 3.05) is 66.1 Å². The second-order valence-corrected chi connectivity index (χ2v) is 29.4. The molecule has 8 saturated heterocycles. The number of aliphatic hydroxyl groups excluding tert-OH is 27. The Kier molecular flexibility index (Phi) is 36.5. The van der Waals surface area contributed by atoms with Crippen LogP contribution in [0.5, 0.6) is 0 Å². The van der Waals surface area contributed by atoms with Crippen molar-refractivity contribution < 1.29 is 243 Å². The van der Waals surface area contributed by atoms with Gasteiger partial charge in [-0.15, -0.1) is 0 Å². The van der Waals surface area contributed by atoms with Crippen molar-refractivity contribution in [3.63, 3.8) is 0 Å². The SMILES string of the molecule is CC(=O)N[C@H]1[C@H](OC[C@H]2O[C@@H](O[C@H]3[C@H](O)[C@@H](NC(C)=O)[C@H](O[C@H]4[C@@H](O)[C@@H](CO)O[C@@H](O[C@@H]([C@H](O)[C@@H](O)CO)[C@H](O)CO)[C@@H]4O)O[C@@H]3CO)[C@H](O)[C@@H](O[C@@H]3O[C@H](CO)[C@@H](O[C@@H]4O[C@H](CO)[C@H](O)[C@H](O[C@]5(C(=O)O)C[C@H](O)[C@@H](NC(C)=O)[C@H]([C@H](O)[C@H](O)CO)O5)[C@H]4O)[C@H](O)[C@H]3NC(C)=O)[C@H]2O)O[C@H](CO)[C@@H](O[C@@H]2O[C@H](CO)[C@H](O)[C@H](O)[C@H]2O)[C@@H]1O. The number of carboxylic acid groups (broad SMARTS) is 1. The molecule has 0 aromatic rings. The first-order valence-corrected chi connectivity index (χ1v) is 37.2. The minimum absolute atomic E-state index is 0.862. The summed E-state index contributed by atoms with van der Waals surface area (Å²) in [6, 6.07) is -7.80. The van der Waals surface area contributed by atoms with E-state index in [0.29, 0.717) is 0 Å². The van der Waals surface area contributed by atoms with Crippen molar-refractivity contribution in [3.8, 4) is 0 Å². The molecular formula is C65H110N4O49. The van der Waals surface area contributed by atoms with Gasteiger partial charge in [-0.25, -0.2) is 4.79 Å². The fraction of sp³-hybridized carbons (Fsp3) is 0.923. The van der Waals surface area contributed by atoms with Crippen molar-refractivity contribution in [3.05, 3.63) is 0 Å². The van der Waals surface area contributed by atoms with Gasteiger partial charge in [0.15, 0.2) is 44.0 Å². The topological polar surface area (TPSA) is 848 Å². The van der Waals surface area contributed by atoms with Crippen LogP contribution in [0.3, 0.4) is 0 Å². The summed E-state index contributed by atoms with van der Waals surface area (Å²) in [5.74, 6) is -9.38. The van der Waals surface area contributed by atoms with Crippen LogP contribution in [0.2, 0.25) is 0 Å². The second-order valence-electron chi connectivity index (χ2n) is 29.4. The zero-order valence-electron chi connectivity index (χ0n) is 63.3. The number of hydrogen-bond donors (Lipinski definition) is 32. The first kappa shape index (κ1) is 99.1. The summed E-state index contributed by atoms with van der Waals surface area (Å²) in [6.07, 6.45) is -88.4. The summed E-state index contributed by atoms with van der Waals surface area (Å²) in [7, 11) is 0. The number of aliphatic hydroxyl groups is 27. The molecule has 0 aliphatic carbocycles. The number of carbonyl (C=O) groups excluding carboxylic acids is 4. The lowest BCUT2D eigenvalue weighted by Crippen LogP contribution is -2.71. The third kappa shape index (κ3) is 22.3. The number of rotatable bonds is 36. The molecule has 0 bridgehead atoms. The van der Waals surface area contributed by atoms with Gasteiger partial charge in [-0.05, 0) is 0 Å². The Hall–Kier alpha value is -4.37. The predicted octanol–water partition coefficient (Wildman–Crippen LogP) is -21.2. The van der Waals surface area contributed by atoms with Gasteiger partial charge in [0.1, 0.15) is 213 Å². The maximum atomic E-state index is 13.3. The maximum absolute atomic E-state index is 13.3. The minimum Gasteiger partial charge on any atom is -0.477 e. The Balaban J connectivity index is 1.12. The molecule has 8 aliphatic heterocycles. The number of amides is 4. The number of aliphatic carboxylic acids is 1. The van der Waals surface area contributed by atoms with Crippen LogP contribution >= 0.6 is 0 Å². The van der Waals surface area contributed by atoms with Crippen LogP contribution in [0, 0.1) is 0 Å². The summed E-state index contributed by atoms with van der Waals surface area (Å²) in [4.78, 5) is 64.7. The number of hydrogen-bond acceptors (Lipinski definition) is 48. The highest BCUT2D eigenvalue weighted by molar-refractivity contribution is 5.77. The molecule has 684 valence electrons. The van der Waals surface area contributed by atoms with E-state index in [1.807, 2.05) is 0 Å². The standard InChI is InChI=1S/C65H110N4O49/c1-16(79)66-31-20(83)5-65(64(101)102,117-53(31)36(88)22(85)7-71)118-56-39(91)26(11-75)106-63(48(56)100)114-52-29(14-78)109-59(34(43(52)95)69-19(4)82)116-55-40(92)30(15-103-57-32(67-17(2)80)41(93)50(27(12-76)107-57)112-60-45(97)44(96)37(89)24(9-73)104-60)110-62(47(55)99)113-51-28(13-77)108-58(33(42(51)94)68-18(3)81)115-54-38(90)25(10-74)105-61(46(54)98)111-49(23(86)8-72)35(87)21(84)6-70/h20-63,70-78,83-100H,5-15H2,1-4H3,(H,66,79)(H,67,80)(H,68,81)(H,69,82)(H,101,102)/t20-,21-,22+,23+,24+,25+,26+,27+,28+,29+,30+,31+,32+,33+,34+,35+,36+,37-,38-,39-,40-,41+,42+,43+,44-,45+,46+,47+,48+,49+,50+,51+,52+,53+,54-,55-,56-,57+,58-,59-,60-,61-,62-,63-,65-/m0/s1. The Labute approximate surface area is 667 Å². The Morgan fingerprint density at radius 3 is 1.12 bits per heavy atom. The first-order valence-electron chi connectivity index (χ1n) is 37.2. The molecule has 45 atom stereocenters. The van der Waals surface area contributed by atoms with Crippen LogP contribution in [0.1, 0.15) is 34.1 Å². The zero-order chi connectivity index (χ0) is 87.7. The maximum Gasteiger partial charge on any atom is 0.364 e. The smallest absolute Gasteiger partial charge is 0.364 e. The van der Waals surface area contributed by atoms with Crippen LogP contribution < -0.4 is 21.3 Å². The molecular weight excluding hydrogens is 1620 g/mol. The number of nitrogens with one attached hydrogen (secondary N) is 4. The highest BCUT2D eigenvalue weighted by Crippen LogP contribution is 2.42. The van der Waals surface area contributed by atoms with Crippen LogP contribution in [-0.2, 0) is 99.8 Å². The molecule has 53 heteroatoms. The fourth-order valence-corrected chi connectivity index (χ4v) is 14.8. The van der Waals surface area contributed by atoms with Crippen LogP contribution in [-0.4, -0.2) is 514 Å². The zero-order valence-corrected chi connectivity index (χ0v) is 63.3. The van der Waals surface area contributed by atoms with E-state index in [9.17, 15) is 167 Å². The van der Waals surface area contributed by atoms with E-state index in [4.69, 9.17) is 75.8 Å². The summed E-state index contributed by atoms with van der Waals surface area (Å²) < 4.78 is 93.8. The van der Waals surface area contributed by atoms with E-state index >= 15 is 0 Å². The van der Waals surface area contributed by atoms with Gasteiger partial charge < -0.3 is 240 Å². The van der Waals surface area contributed by atoms with Crippen LogP contribution in [0.25, 0.3) is 0 Å². The third-order valence-electron chi connectivity index (χ3n) is 21.0. The average molecular weight is 1730 g/mol. The highest BCUT2D eigenvalue weighted by atomic mass is 16.8. The van der Waals surface area contributed by atoms with Crippen molar-refractivity contribution in [1.29, 1.82) is 0 Å². The molecule has 53 nitrogen and oxygen atoms in total. The van der Waals surface area contributed by atoms with Crippen LogP contribution in [0.15, 0.2) is 0 Å². The molecule has 0 saturated carbocycles. The quantitative estimate of drug-likeness (QED) is 0.0277. The van der Waals surface area contributed by atoms with Crippen molar-refractivity contribution in [2.24, 2.45) is 0 Å². The summed E-state index contributed by atoms with van der Waals surface area (Å²) in [6.45, 7) is -8.08. The molecule has 8 fully saturated rings. The molecule has 0 aromatic heterocycles. The molecule has 4 amide bonds. The lowest BCUT2D eigenvalue weighted by Gasteiger charge is -2.51. The Morgan fingerprint density at radius 2 is 0.703 bits per heavy atom. The number of carboxylic acids is 1. The molecule has 8 rings (SSSR count). The summed E-state index contributed by atoms with van der Waals surface area (Å²) in [5, 5.41) is 317. The molecule has 8 aliphatic rings. The molecule has 8 heterocycles. The molecule has 0 radical (unpaired) electrons. The minimum atomic E-state index is -3.32. The van der Waals surface area contributed by atoms with Gasteiger partial charge in [-0.3, -0.25) is 19.2 Å². The summed E-state index contributed by atoms with van der Waals surface area (Å²) in [5.41, 5.74) is 0. The van der Waals surface area contributed by atoms with E-state index in [1.165, 1.54) is 0 Å². The molecule has 0 unspecified atom stereocenters. The van der Waals surface area contributed by atoms with E-state index in [2.05, 4.69) is 21.3 Å². The second kappa shape index (κ2) is 43.5. The third-order valence-corrected chi connectivity index (χ3v) is 21.0. The fourth-order valence-electron chi connectivity index (χ4n) is 14.8. The predicted molar refractivity (Wildman–Crippen MR) is 363 cm³/mol. The van der Waals surface area contributed by atoms with Crippen molar-refractivity contribution in [1.82, 2.24) is 21.3 Å². The lowest BCUT2D eigenvalue weighted by atomic mass is 9.88. The van der Waals surface area contributed by atoms with Gasteiger partial charge in [0, 0.05) is 34.1 Å². The Bertz CT molecular complexity index is 3150.